The number of methoxy groups -OCH3 is 2. The van der Waals surface area contributed by atoms with Crippen LogP contribution in [0.5, 0.6) is 11.5 Å². The molecule has 1 aliphatic carbocycles. The highest BCUT2D eigenvalue weighted by Crippen LogP contribution is 2.30. The minimum Gasteiger partial charge on any atom is -0.497 e. The van der Waals surface area contributed by atoms with Gasteiger partial charge in [0.2, 0.25) is 0 Å². The van der Waals surface area contributed by atoms with Crippen LogP contribution in [0.4, 0.5) is 0 Å². The largest absolute Gasteiger partial charge is 0.497 e. The summed E-state index contributed by atoms with van der Waals surface area (Å²) in [7, 11) is 3.27. The van der Waals surface area contributed by atoms with E-state index in [1.807, 2.05) is 190 Å². The predicted molar refractivity (Wildman–Crippen MR) is 358 cm³/mol. The van der Waals surface area contributed by atoms with Gasteiger partial charge in [-0.2, -0.15) is 0 Å². The minimum atomic E-state index is -0.0457. The molecule has 21 nitrogen and oxygen atoms in total. The van der Waals surface area contributed by atoms with Crippen LogP contribution in [0.1, 0.15) is 86.5 Å². The molecular weight excluding hydrogens is 1220 g/mol. The van der Waals surface area contributed by atoms with Crippen LogP contribution >= 0.6 is 11.6 Å². The fourth-order valence-corrected chi connectivity index (χ4v) is 12.0. The Labute approximate surface area is 549 Å². The number of rotatable bonds is 9. The lowest BCUT2D eigenvalue weighted by molar-refractivity contribution is 0.0759. The van der Waals surface area contributed by atoms with E-state index in [0.29, 0.717) is 66.7 Å². The summed E-state index contributed by atoms with van der Waals surface area (Å²) in [6.07, 6.45) is 25.8. The van der Waals surface area contributed by atoms with Crippen LogP contribution in [0.2, 0.25) is 5.15 Å². The number of nitrogens with zero attached hydrogens (tertiary/aromatic N) is 13. The number of carbonyl (C=O) groups excluding carboxylic acids is 4. The van der Waals surface area contributed by atoms with E-state index < -0.39 is 0 Å². The molecule has 0 fully saturated rings. The third kappa shape index (κ3) is 12.7. The molecule has 0 bridgehead atoms. The molecule has 11 aromatic heterocycles. The lowest BCUT2D eigenvalue weighted by Gasteiger charge is -2.15. The first-order chi connectivity index (χ1) is 46.5. The van der Waals surface area contributed by atoms with Gasteiger partial charge in [-0.05, 0) is 144 Å². The maximum absolute atomic E-state index is 12.8. The van der Waals surface area contributed by atoms with Crippen molar-refractivity contribution in [1.82, 2.24) is 74.0 Å². The molecule has 22 heteroatoms. The van der Waals surface area contributed by atoms with Gasteiger partial charge in [0.1, 0.15) is 34.1 Å². The first kappa shape index (κ1) is 60.3. The number of hydrogen-bond acceptors (Lipinski definition) is 14. The summed E-state index contributed by atoms with van der Waals surface area (Å²) in [4.78, 5) is 86.1. The molecule has 2 N–H and O–H groups in total. The van der Waals surface area contributed by atoms with E-state index in [1.165, 1.54) is 11.1 Å². The summed E-state index contributed by atoms with van der Waals surface area (Å²) < 4.78 is 16.3. The van der Waals surface area contributed by atoms with Crippen LogP contribution in [0.25, 0.3) is 56.2 Å². The SMILES string of the molecule is C1=Cc2cnccc2C1.COc1ccc(CN2Cc3nc(-n4ccc5cnccc54)ccc3C2=O)cc1.COc1ccc(CN2Cc3nc(Cl)ccc3C2=O)cc1.O=C1NCc2nc(-n3ccc4cnccc43)ccc21.O=C1NCc2nc(-n3ccc4cnccc43)ccc21. The van der Waals surface area contributed by atoms with Gasteiger partial charge in [-0.1, -0.05) is 48.0 Å². The summed E-state index contributed by atoms with van der Waals surface area (Å²) in [6, 6.07) is 43.9. The third-order valence-corrected chi connectivity index (χ3v) is 16.9. The molecule has 15 heterocycles. The molecule has 13 aromatic rings. The van der Waals surface area contributed by atoms with Crippen LogP contribution < -0.4 is 20.1 Å². The van der Waals surface area contributed by atoms with Crippen molar-refractivity contribution in [1.29, 1.82) is 0 Å². The summed E-state index contributed by atoms with van der Waals surface area (Å²) in [5.41, 5.74) is 13.8. The van der Waals surface area contributed by atoms with Crippen molar-refractivity contribution in [3.8, 4) is 29.0 Å². The Morgan fingerprint density at radius 2 is 0.853 bits per heavy atom. The smallest absolute Gasteiger partial charge is 0.256 e. The molecule has 468 valence electrons. The summed E-state index contributed by atoms with van der Waals surface area (Å²) in [5, 5.41) is 9.16. The van der Waals surface area contributed by atoms with E-state index in [0.717, 1.165) is 102 Å². The second-order valence-electron chi connectivity index (χ2n) is 22.5. The molecule has 0 radical (unpaired) electrons. The quantitative estimate of drug-likeness (QED) is 0.128. The van der Waals surface area contributed by atoms with E-state index >= 15 is 0 Å². The number of halogens is 1. The standard InChI is InChI=1S/C22H18N4O2.C15H13ClN2O2.2C14H10N4O.C8H7N/c1-28-17-4-2-15(3-5-17)13-25-14-19-18(22(25)27)6-7-21(24-19)26-11-9-16-12-23-10-8-20(16)26;1-20-11-4-2-10(3-5-11)8-18-9-13-12(15(18)19)6-7-14(16)17-13;2*19-14-10-1-2-13(17-11(10)8-16-14)18-6-4-9-7-15-5-3-12(9)18;1-2-7-4-5-9-6-8(7)3-1/h2-12H,13-14H2,1H3;2-7H,8-9H2,1H3;2*1-7H,8H2,(H,16,19);1,3-6H,2H2. The minimum absolute atomic E-state index is 0.0000141. The zero-order chi connectivity index (χ0) is 64.9. The Balaban J connectivity index is 0.000000106. The highest BCUT2D eigenvalue weighted by atomic mass is 35.5. The molecule has 2 aromatic carbocycles. The van der Waals surface area contributed by atoms with Crippen LogP contribution in [0.3, 0.4) is 0 Å². The maximum Gasteiger partial charge on any atom is 0.256 e. The Kier molecular flexibility index (Phi) is 16.9. The van der Waals surface area contributed by atoms with Gasteiger partial charge in [-0.15, -0.1) is 0 Å². The molecule has 0 unspecified atom stereocenters. The van der Waals surface area contributed by atoms with Crippen molar-refractivity contribution < 1.29 is 28.7 Å². The van der Waals surface area contributed by atoms with Gasteiger partial charge in [0, 0.05) is 97.4 Å². The monoisotopic (exact) mass is 1280 g/mol. The number of allylic oxidation sites excluding steroid dienone is 1. The van der Waals surface area contributed by atoms with Crippen LogP contribution in [0.15, 0.2) is 214 Å². The summed E-state index contributed by atoms with van der Waals surface area (Å²) in [6.45, 7) is 3.12. The molecule has 18 rings (SSSR count). The molecule has 0 spiro atoms. The van der Waals surface area contributed by atoms with Gasteiger partial charge in [0.05, 0.1) is 102 Å². The topological polar surface area (TPSA) is 235 Å². The van der Waals surface area contributed by atoms with E-state index in [4.69, 9.17) is 26.1 Å². The number of nitrogens with one attached hydrogen (secondary N) is 2. The van der Waals surface area contributed by atoms with Gasteiger partial charge in [0.15, 0.2) is 0 Å². The van der Waals surface area contributed by atoms with Gasteiger partial charge < -0.3 is 43.6 Å². The van der Waals surface area contributed by atoms with Gasteiger partial charge in [-0.25, -0.2) is 19.9 Å². The van der Waals surface area contributed by atoms with Crippen LogP contribution in [0, 0.1) is 0 Å². The zero-order valence-corrected chi connectivity index (χ0v) is 52.1. The van der Waals surface area contributed by atoms with Crippen LogP contribution in [-0.4, -0.2) is 101 Å². The van der Waals surface area contributed by atoms with E-state index in [-0.39, 0.29) is 23.6 Å². The Morgan fingerprint density at radius 1 is 0.442 bits per heavy atom. The fourth-order valence-electron chi connectivity index (χ4n) is 11.8. The van der Waals surface area contributed by atoms with E-state index in [2.05, 4.69) is 63.7 Å². The lowest BCUT2D eigenvalue weighted by Crippen LogP contribution is -2.23. The highest BCUT2D eigenvalue weighted by Gasteiger charge is 2.31. The van der Waals surface area contributed by atoms with Gasteiger partial charge in [-0.3, -0.25) is 39.1 Å². The first-order valence-corrected chi connectivity index (χ1v) is 30.8. The average molecular weight is 1280 g/mol. The predicted octanol–water partition coefficient (Wildman–Crippen LogP) is 11.5. The second-order valence-corrected chi connectivity index (χ2v) is 22.9. The number of benzene rings is 2. The number of fused-ring (bicyclic) bond motifs is 8. The molecule has 4 amide bonds. The van der Waals surface area contributed by atoms with Crippen molar-refractivity contribution in [2.45, 2.75) is 45.7 Å². The number of aromatic nitrogens is 11. The zero-order valence-electron chi connectivity index (χ0n) is 51.4. The lowest BCUT2D eigenvalue weighted by atomic mass is 10.2. The highest BCUT2D eigenvalue weighted by molar-refractivity contribution is 6.29. The van der Waals surface area contributed by atoms with Crippen molar-refractivity contribution >= 4 is 74.0 Å². The van der Waals surface area contributed by atoms with E-state index in [1.54, 1.807) is 49.8 Å². The maximum atomic E-state index is 12.8. The van der Waals surface area contributed by atoms with E-state index in [9.17, 15) is 19.2 Å². The van der Waals surface area contributed by atoms with Crippen molar-refractivity contribution in [3.05, 3.63) is 286 Å². The summed E-state index contributed by atoms with van der Waals surface area (Å²) in [5.74, 6) is 3.98. The fraction of sp³-hybridized carbons (Fsp3) is 0.123. The first-order valence-electron chi connectivity index (χ1n) is 30.4. The average Bonchev–Trinajstić information content (AvgIpc) is 1.68. The normalized spacial score (nSPS) is 13.5. The molecule has 0 saturated carbocycles. The van der Waals surface area contributed by atoms with Crippen LogP contribution in [-0.2, 0) is 45.7 Å². The third-order valence-electron chi connectivity index (χ3n) is 16.7. The molecular formula is C73H58ClN15O6. The Bertz CT molecular complexity index is 4990. The number of pyridine rings is 8. The summed E-state index contributed by atoms with van der Waals surface area (Å²) >= 11 is 5.86. The molecule has 5 aliphatic rings. The second kappa shape index (κ2) is 26.5. The van der Waals surface area contributed by atoms with Crippen molar-refractivity contribution in [2.24, 2.45) is 0 Å². The van der Waals surface area contributed by atoms with Gasteiger partial charge >= 0.3 is 0 Å². The number of carbonyl (C=O) groups is 4. The Morgan fingerprint density at radius 3 is 1.31 bits per heavy atom. The number of amides is 4. The number of ether oxygens (including phenoxy) is 2. The molecule has 4 aliphatic heterocycles. The molecule has 95 heavy (non-hydrogen) atoms. The Hall–Kier alpha value is -12.2. The molecule has 0 saturated heterocycles. The molecule has 0 atom stereocenters. The van der Waals surface area contributed by atoms with Crippen molar-refractivity contribution in [3.63, 3.8) is 0 Å². The van der Waals surface area contributed by atoms with Crippen molar-refractivity contribution in [2.75, 3.05) is 14.2 Å². The number of hydrogen-bond donors (Lipinski definition) is 2. The van der Waals surface area contributed by atoms with Gasteiger partial charge in [0.25, 0.3) is 23.6 Å².